The topological polar surface area (TPSA) is 49.3 Å². The van der Waals surface area contributed by atoms with Crippen LogP contribution in [0.25, 0.3) is 0 Å². The monoisotopic (exact) mass is 157 g/mol. The molecule has 1 aliphatic rings. The fourth-order valence-corrected chi connectivity index (χ4v) is 0.921. The highest BCUT2D eigenvalue weighted by Gasteiger charge is 2.31. The lowest BCUT2D eigenvalue weighted by Gasteiger charge is -2.35. The summed E-state index contributed by atoms with van der Waals surface area (Å²) in [6.45, 7) is 2.70. The van der Waals surface area contributed by atoms with Gasteiger partial charge in [-0.1, -0.05) is 0 Å². The Balaban J connectivity index is 2.83. The van der Waals surface area contributed by atoms with Gasteiger partial charge in [-0.15, -0.1) is 0 Å². The van der Waals surface area contributed by atoms with Gasteiger partial charge in [0.1, 0.15) is 6.20 Å². The number of rotatable bonds is 1. The maximum atomic E-state index is 10.7. The van der Waals surface area contributed by atoms with Crippen molar-refractivity contribution in [3.05, 3.63) is 12.3 Å². The number of amides is 1. The van der Waals surface area contributed by atoms with Crippen molar-refractivity contribution in [3.8, 4) is 0 Å². The van der Waals surface area contributed by atoms with Gasteiger partial charge in [-0.05, 0) is 6.92 Å². The molecule has 1 rings (SSSR count). The Morgan fingerprint density at radius 2 is 2.45 bits per heavy atom. The molecule has 2 N–H and O–H groups in total. The fourth-order valence-electron chi connectivity index (χ4n) is 0.921. The Hall–Kier alpha value is -0.870. The summed E-state index contributed by atoms with van der Waals surface area (Å²) in [4.78, 5) is 10.7. The smallest absolute Gasteiger partial charge is 0.278 e. The molecule has 4 nitrogen and oxygen atoms in total. The predicted molar refractivity (Wildman–Crippen MR) is 40.0 cm³/mol. The molecule has 0 aliphatic carbocycles. The van der Waals surface area contributed by atoms with Crippen LogP contribution in [0.1, 0.15) is 6.92 Å². The van der Waals surface area contributed by atoms with Crippen molar-refractivity contribution in [1.29, 1.82) is 0 Å². The van der Waals surface area contributed by atoms with Gasteiger partial charge in [0.25, 0.3) is 12.3 Å². The molecule has 62 valence electrons. The minimum atomic E-state index is -0.808. The van der Waals surface area contributed by atoms with E-state index in [1.54, 1.807) is 6.20 Å². The van der Waals surface area contributed by atoms with Gasteiger partial charge in [-0.3, -0.25) is 14.6 Å². The van der Waals surface area contributed by atoms with E-state index in [2.05, 4.69) is 5.32 Å². The molecule has 0 aromatic carbocycles. The van der Waals surface area contributed by atoms with Gasteiger partial charge in [0, 0.05) is 0 Å². The van der Waals surface area contributed by atoms with Gasteiger partial charge in [0.15, 0.2) is 0 Å². The van der Waals surface area contributed by atoms with E-state index in [9.17, 15) is 9.90 Å². The first-order valence-corrected chi connectivity index (χ1v) is 3.61. The normalized spacial score (nSPS) is 37.0. The van der Waals surface area contributed by atoms with Crippen molar-refractivity contribution >= 4 is 5.91 Å². The van der Waals surface area contributed by atoms with Crippen LogP contribution in [0.15, 0.2) is 12.3 Å². The summed E-state index contributed by atoms with van der Waals surface area (Å²) in [7, 11) is 1.85. The SMILES string of the molecule is CC[N+]1(C)C=CC(=O)NC1O. The first-order chi connectivity index (χ1) is 5.08. The molecule has 0 radical (unpaired) electrons. The molecule has 11 heavy (non-hydrogen) atoms. The van der Waals surface area contributed by atoms with Crippen molar-refractivity contribution in [1.82, 2.24) is 5.32 Å². The molecule has 0 fully saturated rings. The van der Waals surface area contributed by atoms with Crippen LogP contribution in [0.4, 0.5) is 0 Å². The van der Waals surface area contributed by atoms with Gasteiger partial charge in [0.05, 0.1) is 19.7 Å². The highest BCUT2D eigenvalue weighted by Crippen LogP contribution is 2.10. The molecule has 0 spiro atoms. The number of hydrogen-bond donors (Lipinski definition) is 2. The van der Waals surface area contributed by atoms with E-state index in [-0.39, 0.29) is 5.91 Å². The lowest BCUT2D eigenvalue weighted by atomic mass is 10.3. The minimum absolute atomic E-state index is 0.235. The Morgan fingerprint density at radius 3 is 2.91 bits per heavy atom. The molecule has 1 amide bonds. The number of carbonyl (C=O) groups excluding carboxylic acids is 1. The summed E-state index contributed by atoms with van der Waals surface area (Å²) in [5.41, 5.74) is 0. The third kappa shape index (κ3) is 1.41. The van der Waals surface area contributed by atoms with Crippen LogP contribution < -0.4 is 5.32 Å². The summed E-state index contributed by atoms with van der Waals surface area (Å²) >= 11 is 0. The van der Waals surface area contributed by atoms with Crippen LogP contribution in [0.5, 0.6) is 0 Å². The maximum absolute atomic E-state index is 10.7. The molecule has 0 aromatic rings. The first kappa shape index (κ1) is 8.23. The van der Waals surface area contributed by atoms with Gasteiger partial charge in [-0.25, -0.2) is 0 Å². The van der Waals surface area contributed by atoms with Crippen molar-refractivity contribution in [2.75, 3.05) is 13.6 Å². The third-order valence-electron chi connectivity index (χ3n) is 2.08. The zero-order valence-corrected chi connectivity index (χ0v) is 6.74. The molecule has 4 heteroatoms. The second-order valence-electron chi connectivity index (χ2n) is 2.86. The highest BCUT2D eigenvalue weighted by atomic mass is 16.3. The molecule has 0 saturated carbocycles. The zero-order chi connectivity index (χ0) is 8.48. The molecule has 0 saturated heterocycles. The Morgan fingerprint density at radius 1 is 1.82 bits per heavy atom. The van der Waals surface area contributed by atoms with Gasteiger partial charge in [0.2, 0.25) is 0 Å². The van der Waals surface area contributed by atoms with E-state index in [0.717, 1.165) is 6.54 Å². The number of carbonyl (C=O) groups is 1. The minimum Gasteiger partial charge on any atom is -0.327 e. The molecule has 1 heterocycles. The number of nitrogens with zero attached hydrogens (tertiary/aromatic N) is 1. The predicted octanol–water partition coefficient (Wildman–Crippen LogP) is -0.628. The van der Waals surface area contributed by atoms with E-state index in [0.29, 0.717) is 4.48 Å². The summed E-state index contributed by atoms with van der Waals surface area (Å²) in [6.07, 6.45) is 2.33. The summed E-state index contributed by atoms with van der Waals surface area (Å²) in [5.74, 6) is -0.235. The van der Waals surface area contributed by atoms with Crippen LogP contribution in [0.3, 0.4) is 0 Å². The van der Waals surface area contributed by atoms with Crippen molar-refractivity contribution in [2.45, 2.75) is 13.3 Å². The van der Waals surface area contributed by atoms with E-state index in [1.807, 2.05) is 14.0 Å². The summed E-state index contributed by atoms with van der Waals surface area (Å²) in [6, 6.07) is 0. The van der Waals surface area contributed by atoms with E-state index >= 15 is 0 Å². The molecule has 0 bridgehead atoms. The quantitative estimate of drug-likeness (QED) is 0.498. The number of aliphatic hydroxyl groups excluding tert-OH is 1. The number of hydrogen-bond acceptors (Lipinski definition) is 2. The molecule has 0 aromatic heterocycles. The van der Waals surface area contributed by atoms with Gasteiger partial charge in [-0.2, -0.15) is 0 Å². The van der Waals surface area contributed by atoms with E-state index < -0.39 is 6.35 Å². The summed E-state index contributed by atoms with van der Waals surface area (Å²) < 4.78 is 0.339. The van der Waals surface area contributed by atoms with Crippen LogP contribution >= 0.6 is 0 Å². The van der Waals surface area contributed by atoms with Gasteiger partial charge >= 0.3 is 0 Å². The largest absolute Gasteiger partial charge is 0.327 e. The summed E-state index contributed by atoms with van der Waals surface area (Å²) in [5, 5.41) is 11.8. The number of aliphatic hydroxyl groups is 1. The van der Waals surface area contributed by atoms with E-state index in [1.165, 1.54) is 6.08 Å². The lowest BCUT2D eigenvalue weighted by molar-refractivity contribution is -0.910. The maximum Gasteiger partial charge on any atom is 0.278 e. The van der Waals surface area contributed by atoms with Crippen molar-refractivity contribution in [2.24, 2.45) is 0 Å². The van der Waals surface area contributed by atoms with Crippen LogP contribution in [-0.4, -0.2) is 35.4 Å². The second-order valence-corrected chi connectivity index (χ2v) is 2.86. The first-order valence-electron chi connectivity index (χ1n) is 3.61. The standard InChI is InChI=1S/C7H12N2O2/c1-3-9(2)5-4-6(10)8-7(9)11/h4-5,7,11H,3H2,1-2H3/p+1. The molecule has 2 atom stereocenters. The second kappa shape index (κ2) is 2.64. The average molecular weight is 157 g/mol. The van der Waals surface area contributed by atoms with Crippen LogP contribution in [0, 0.1) is 0 Å². The van der Waals surface area contributed by atoms with Gasteiger partial charge < -0.3 is 5.11 Å². The Bertz CT molecular complexity index is 203. The third-order valence-corrected chi connectivity index (χ3v) is 2.08. The van der Waals surface area contributed by atoms with Crippen molar-refractivity contribution in [3.63, 3.8) is 0 Å². The lowest BCUT2D eigenvalue weighted by Crippen LogP contribution is -2.59. The van der Waals surface area contributed by atoms with E-state index in [4.69, 9.17) is 0 Å². The average Bonchev–Trinajstić information content (AvgIpc) is 1.98. The molecule has 2 unspecified atom stereocenters. The Labute approximate surface area is 65.7 Å². The number of nitrogens with one attached hydrogen (secondary N) is 1. The number of quaternary nitrogens is 1. The van der Waals surface area contributed by atoms with Crippen molar-refractivity contribution < 1.29 is 14.4 Å². The Kier molecular flexibility index (Phi) is 1.97. The molecular weight excluding hydrogens is 144 g/mol. The fraction of sp³-hybridized carbons (Fsp3) is 0.571. The van der Waals surface area contributed by atoms with Crippen LogP contribution in [0.2, 0.25) is 0 Å². The zero-order valence-electron chi connectivity index (χ0n) is 6.74. The van der Waals surface area contributed by atoms with Crippen LogP contribution in [-0.2, 0) is 4.79 Å². The highest BCUT2D eigenvalue weighted by molar-refractivity contribution is 5.87. The molecule has 1 aliphatic heterocycles. The molecular formula is C7H13N2O2+.